The monoisotopic (exact) mass is 462 g/mol. The number of anilines is 1. The Kier molecular flexibility index (Phi) is 7.01. The molecule has 1 saturated carbocycles. The van der Waals surface area contributed by atoms with Gasteiger partial charge in [0.25, 0.3) is 0 Å². The molecule has 0 aliphatic heterocycles. The van der Waals surface area contributed by atoms with Gasteiger partial charge in [-0.1, -0.05) is 25.6 Å². The van der Waals surface area contributed by atoms with Crippen LogP contribution in [0.25, 0.3) is 0 Å². The molecule has 2 aromatic rings. The molecule has 168 valence electrons. The van der Waals surface area contributed by atoms with Gasteiger partial charge < -0.3 is 14.6 Å². The highest BCUT2D eigenvalue weighted by atomic mass is 32.2. The standard InChI is InChI=1S/C22H30N4O3S2/c1-4-10-26-19(14-7-8-14)24-25-22(26)30-12-17(27)23-20-18(21(28)29-5-2)15-9-6-13(3)11-16(15)31-20/h13-14H,4-12H2,1-3H3,(H,23,27)/t13-/m0/s1. The van der Waals surface area contributed by atoms with E-state index < -0.39 is 0 Å². The van der Waals surface area contributed by atoms with Crippen molar-refractivity contribution in [2.75, 3.05) is 17.7 Å². The van der Waals surface area contributed by atoms with Gasteiger partial charge in [0.2, 0.25) is 5.91 Å². The van der Waals surface area contributed by atoms with Crippen LogP contribution in [0, 0.1) is 5.92 Å². The molecular weight excluding hydrogens is 432 g/mol. The number of carbonyl (C=O) groups excluding carboxylic acids is 2. The van der Waals surface area contributed by atoms with Gasteiger partial charge in [-0.3, -0.25) is 4.79 Å². The summed E-state index contributed by atoms with van der Waals surface area (Å²) in [5.74, 6) is 1.92. The maximum absolute atomic E-state index is 12.8. The van der Waals surface area contributed by atoms with Crippen LogP contribution in [0.2, 0.25) is 0 Å². The molecule has 7 nitrogen and oxygen atoms in total. The lowest BCUT2D eigenvalue weighted by Crippen LogP contribution is -2.18. The van der Waals surface area contributed by atoms with E-state index >= 15 is 0 Å². The molecule has 9 heteroatoms. The summed E-state index contributed by atoms with van der Waals surface area (Å²) in [6, 6.07) is 0. The van der Waals surface area contributed by atoms with Crippen molar-refractivity contribution in [3.8, 4) is 0 Å². The molecule has 0 saturated heterocycles. The maximum atomic E-state index is 12.8. The normalized spacial score (nSPS) is 18.0. The van der Waals surface area contributed by atoms with Crippen LogP contribution in [-0.4, -0.2) is 39.0 Å². The van der Waals surface area contributed by atoms with Crippen molar-refractivity contribution in [2.24, 2.45) is 5.92 Å². The molecule has 1 fully saturated rings. The number of fused-ring (bicyclic) bond motifs is 1. The summed E-state index contributed by atoms with van der Waals surface area (Å²) in [7, 11) is 0. The predicted octanol–water partition coefficient (Wildman–Crippen LogP) is 4.66. The second kappa shape index (κ2) is 9.73. The minimum atomic E-state index is -0.339. The zero-order valence-electron chi connectivity index (χ0n) is 18.4. The zero-order valence-corrected chi connectivity index (χ0v) is 20.0. The number of nitrogens with one attached hydrogen (secondary N) is 1. The fourth-order valence-corrected chi connectivity index (χ4v) is 6.22. The quantitative estimate of drug-likeness (QED) is 0.431. The van der Waals surface area contributed by atoms with Crippen molar-refractivity contribution < 1.29 is 14.3 Å². The van der Waals surface area contributed by atoms with E-state index in [2.05, 4.69) is 33.9 Å². The molecule has 0 radical (unpaired) electrons. The number of nitrogens with zero attached hydrogens (tertiary/aromatic N) is 3. The molecule has 1 N–H and O–H groups in total. The Bertz CT molecular complexity index is 964. The summed E-state index contributed by atoms with van der Waals surface area (Å²) >= 11 is 2.93. The highest BCUT2D eigenvalue weighted by molar-refractivity contribution is 7.99. The van der Waals surface area contributed by atoms with Gasteiger partial charge >= 0.3 is 5.97 Å². The number of hydrogen-bond donors (Lipinski definition) is 1. The molecule has 2 aliphatic carbocycles. The Morgan fingerprint density at radius 1 is 1.26 bits per heavy atom. The fourth-order valence-electron chi connectivity index (χ4n) is 4.03. The van der Waals surface area contributed by atoms with Crippen LogP contribution in [-0.2, 0) is 28.9 Å². The Morgan fingerprint density at radius 3 is 2.77 bits per heavy atom. The van der Waals surface area contributed by atoms with Crippen molar-refractivity contribution in [3.63, 3.8) is 0 Å². The van der Waals surface area contributed by atoms with Gasteiger partial charge in [0.1, 0.15) is 10.8 Å². The van der Waals surface area contributed by atoms with E-state index in [0.29, 0.717) is 29.0 Å². The molecule has 2 heterocycles. The van der Waals surface area contributed by atoms with Crippen molar-refractivity contribution >= 4 is 40.0 Å². The molecule has 31 heavy (non-hydrogen) atoms. The van der Waals surface area contributed by atoms with E-state index in [0.717, 1.165) is 48.8 Å². The molecule has 0 unspecified atom stereocenters. The topological polar surface area (TPSA) is 86.1 Å². The van der Waals surface area contributed by atoms with E-state index in [1.54, 1.807) is 6.92 Å². The number of aromatic nitrogens is 3. The molecular formula is C22H30N4O3S2. The molecule has 0 aromatic carbocycles. The first-order valence-corrected chi connectivity index (χ1v) is 13.0. The Morgan fingerprint density at radius 2 is 2.06 bits per heavy atom. The number of hydrogen-bond acceptors (Lipinski definition) is 7. The number of ether oxygens (including phenoxy) is 1. The first-order valence-electron chi connectivity index (χ1n) is 11.2. The summed E-state index contributed by atoms with van der Waals surface area (Å²) in [4.78, 5) is 26.6. The van der Waals surface area contributed by atoms with Crippen LogP contribution in [0.1, 0.15) is 79.0 Å². The minimum absolute atomic E-state index is 0.138. The van der Waals surface area contributed by atoms with E-state index in [9.17, 15) is 9.59 Å². The van der Waals surface area contributed by atoms with Gasteiger partial charge in [-0.2, -0.15) is 0 Å². The number of thiophene rings is 1. The van der Waals surface area contributed by atoms with E-state index in [-0.39, 0.29) is 17.6 Å². The third kappa shape index (κ3) is 4.98. The molecule has 1 atom stereocenters. The van der Waals surface area contributed by atoms with Crippen LogP contribution >= 0.6 is 23.1 Å². The molecule has 1 amide bonds. The van der Waals surface area contributed by atoms with E-state index in [4.69, 9.17) is 4.74 Å². The molecule has 4 rings (SSSR count). The number of amides is 1. The number of esters is 1. The third-order valence-corrected chi connectivity index (χ3v) is 7.85. The average molecular weight is 463 g/mol. The van der Waals surface area contributed by atoms with E-state index in [1.807, 2.05) is 0 Å². The number of thioether (sulfide) groups is 1. The summed E-state index contributed by atoms with van der Waals surface area (Å²) in [6.07, 6.45) is 6.20. The highest BCUT2D eigenvalue weighted by Gasteiger charge is 2.31. The lowest BCUT2D eigenvalue weighted by Gasteiger charge is -2.18. The van der Waals surface area contributed by atoms with Gasteiger partial charge in [-0.05, 0) is 56.9 Å². The largest absolute Gasteiger partial charge is 0.462 e. The molecule has 2 aliphatic rings. The third-order valence-electron chi connectivity index (χ3n) is 5.71. The van der Waals surface area contributed by atoms with Crippen LogP contribution in [0.3, 0.4) is 0 Å². The Hall–Kier alpha value is -1.87. The minimum Gasteiger partial charge on any atom is -0.462 e. The van der Waals surface area contributed by atoms with E-state index in [1.165, 1.54) is 40.8 Å². The second-order valence-electron chi connectivity index (χ2n) is 8.38. The summed E-state index contributed by atoms with van der Waals surface area (Å²) in [6.45, 7) is 7.35. The Labute approximate surface area is 191 Å². The maximum Gasteiger partial charge on any atom is 0.341 e. The highest BCUT2D eigenvalue weighted by Crippen LogP contribution is 2.41. The van der Waals surface area contributed by atoms with Crippen molar-refractivity contribution in [3.05, 3.63) is 21.8 Å². The van der Waals surface area contributed by atoms with Gasteiger partial charge in [0.05, 0.1) is 17.9 Å². The van der Waals surface area contributed by atoms with Crippen molar-refractivity contribution in [1.82, 2.24) is 14.8 Å². The summed E-state index contributed by atoms with van der Waals surface area (Å²) < 4.78 is 7.45. The predicted molar refractivity (Wildman–Crippen MR) is 123 cm³/mol. The first kappa shape index (κ1) is 22.3. The summed E-state index contributed by atoms with van der Waals surface area (Å²) in [5.41, 5.74) is 1.61. The van der Waals surface area contributed by atoms with Crippen molar-refractivity contribution in [2.45, 2.75) is 76.9 Å². The van der Waals surface area contributed by atoms with Crippen LogP contribution < -0.4 is 5.32 Å². The SMILES string of the molecule is CCCn1c(SCC(=O)Nc2sc3c(c2C(=O)OCC)CC[C@H](C)C3)nnc1C1CC1. The smallest absolute Gasteiger partial charge is 0.341 e. The number of carbonyl (C=O) groups is 2. The lowest BCUT2D eigenvalue weighted by molar-refractivity contribution is -0.113. The first-order chi connectivity index (χ1) is 15.0. The van der Waals surface area contributed by atoms with Gasteiger partial charge in [0, 0.05) is 17.3 Å². The second-order valence-corrected chi connectivity index (χ2v) is 10.4. The molecule has 0 spiro atoms. The molecule has 2 aromatic heterocycles. The average Bonchev–Trinajstić information content (AvgIpc) is 3.40. The van der Waals surface area contributed by atoms with Gasteiger partial charge in [-0.25, -0.2) is 4.79 Å². The molecule has 0 bridgehead atoms. The number of rotatable bonds is 9. The van der Waals surface area contributed by atoms with Crippen LogP contribution in [0.5, 0.6) is 0 Å². The Balaban J connectivity index is 1.47. The lowest BCUT2D eigenvalue weighted by atomic mass is 9.88. The van der Waals surface area contributed by atoms with Gasteiger partial charge in [0.15, 0.2) is 5.16 Å². The van der Waals surface area contributed by atoms with Crippen LogP contribution in [0.15, 0.2) is 5.16 Å². The van der Waals surface area contributed by atoms with Crippen LogP contribution in [0.4, 0.5) is 5.00 Å². The summed E-state index contributed by atoms with van der Waals surface area (Å²) in [5, 5.41) is 13.1. The van der Waals surface area contributed by atoms with Gasteiger partial charge in [-0.15, -0.1) is 21.5 Å². The fraction of sp³-hybridized carbons (Fsp3) is 0.636. The zero-order chi connectivity index (χ0) is 22.0. The van der Waals surface area contributed by atoms with Crippen molar-refractivity contribution in [1.29, 1.82) is 0 Å².